The van der Waals surface area contributed by atoms with E-state index in [1.54, 1.807) is 0 Å². The molecule has 1 saturated heterocycles. The summed E-state index contributed by atoms with van der Waals surface area (Å²) in [6, 6.07) is 0. The van der Waals surface area contributed by atoms with Gasteiger partial charge in [-0.2, -0.15) is 0 Å². The molecule has 2 atom stereocenters. The van der Waals surface area contributed by atoms with Crippen LogP contribution < -0.4 is 0 Å². The molecule has 0 N–H and O–H groups in total. The largest absolute Gasteiger partial charge is 0.457 e. The summed E-state index contributed by atoms with van der Waals surface area (Å²) in [5.74, 6) is 1.38. The van der Waals surface area contributed by atoms with E-state index in [9.17, 15) is 4.79 Å². The van der Waals surface area contributed by atoms with Gasteiger partial charge in [-0.3, -0.25) is 4.79 Å². The van der Waals surface area contributed by atoms with Gasteiger partial charge in [-0.05, 0) is 33.1 Å². The maximum absolute atomic E-state index is 12.1. The van der Waals surface area contributed by atoms with Gasteiger partial charge in [0.05, 0.1) is 12.0 Å². The number of carbonyl (C=O) groups is 1. The highest BCUT2D eigenvalue weighted by atomic mass is 16.5. The van der Waals surface area contributed by atoms with Crippen molar-refractivity contribution < 1.29 is 14.3 Å². The number of aromatic nitrogens is 3. The molecule has 0 saturated carbocycles. The topological polar surface area (TPSA) is 66.2 Å². The molecule has 0 spiro atoms. The lowest BCUT2D eigenvalue weighted by atomic mass is 9.96. The van der Waals surface area contributed by atoms with Crippen LogP contribution in [0.2, 0.25) is 0 Å². The van der Waals surface area contributed by atoms with E-state index in [-0.39, 0.29) is 24.6 Å². The highest BCUT2D eigenvalue weighted by Crippen LogP contribution is 2.21. The molecular formula is C14H23N3O3. The van der Waals surface area contributed by atoms with E-state index < -0.39 is 0 Å². The van der Waals surface area contributed by atoms with Crippen molar-refractivity contribution >= 4 is 5.97 Å². The molecule has 1 aromatic rings. The van der Waals surface area contributed by atoms with Gasteiger partial charge in [0, 0.05) is 13.2 Å². The Bertz CT molecular complexity index is 459. The lowest BCUT2D eigenvalue weighted by molar-refractivity contribution is -0.155. The average Bonchev–Trinajstić information content (AvgIpc) is 2.78. The quantitative estimate of drug-likeness (QED) is 0.771. The van der Waals surface area contributed by atoms with Crippen molar-refractivity contribution in [3.63, 3.8) is 0 Å². The fourth-order valence-electron chi connectivity index (χ4n) is 2.51. The minimum Gasteiger partial charge on any atom is -0.457 e. The number of aryl methyl sites for hydroxylation is 1. The Kier molecular flexibility index (Phi) is 5.11. The molecule has 0 amide bonds. The summed E-state index contributed by atoms with van der Waals surface area (Å²) in [5.41, 5.74) is 0. The van der Waals surface area contributed by atoms with E-state index >= 15 is 0 Å². The predicted molar refractivity (Wildman–Crippen MR) is 73.0 cm³/mol. The van der Waals surface area contributed by atoms with Crippen LogP contribution in [-0.2, 0) is 27.4 Å². The fourth-order valence-corrected chi connectivity index (χ4v) is 2.51. The van der Waals surface area contributed by atoms with Gasteiger partial charge in [-0.1, -0.05) is 6.92 Å². The molecule has 1 aliphatic heterocycles. The molecule has 6 nitrogen and oxygen atoms in total. The first-order valence-corrected chi connectivity index (χ1v) is 7.28. The minimum atomic E-state index is -0.149. The zero-order chi connectivity index (χ0) is 14.5. The predicted octanol–water partition coefficient (Wildman–Crippen LogP) is 1.85. The van der Waals surface area contributed by atoms with Crippen molar-refractivity contribution in [2.75, 3.05) is 6.61 Å². The van der Waals surface area contributed by atoms with E-state index in [0.29, 0.717) is 6.61 Å². The van der Waals surface area contributed by atoms with Crippen molar-refractivity contribution in [3.05, 3.63) is 11.6 Å². The first kappa shape index (κ1) is 15.0. The van der Waals surface area contributed by atoms with Gasteiger partial charge in [0.15, 0.2) is 12.4 Å². The maximum Gasteiger partial charge on any atom is 0.309 e. The lowest BCUT2D eigenvalue weighted by Gasteiger charge is -2.25. The summed E-state index contributed by atoms with van der Waals surface area (Å²) in [6.07, 6.45) is 2.60. The number of rotatable bonds is 5. The number of hydrogen-bond acceptors (Lipinski definition) is 5. The number of esters is 1. The van der Waals surface area contributed by atoms with Gasteiger partial charge >= 0.3 is 5.97 Å². The standard InChI is InChI=1S/C14H23N3O3/c1-4-6-17-11(3)15-16-13(17)9-20-14(18)12-5-7-19-10(2)8-12/h10,12H,4-9H2,1-3H3. The van der Waals surface area contributed by atoms with Crippen molar-refractivity contribution in [3.8, 4) is 0 Å². The normalized spacial score (nSPS) is 22.8. The van der Waals surface area contributed by atoms with Crippen LogP contribution in [0.25, 0.3) is 0 Å². The molecule has 0 radical (unpaired) electrons. The summed E-state index contributed by atoms with van der Waals surface area (Å²) in [6.45, 7) is 7.67. The highest BCUT2D eigenvalue weighted by Gasteiger charge is 2.27. The Balaban J connectivity index is 1.90. The van der Waals surface area contributed by atoms with Crippen LogP contribution >= 0.6 is 0 Å². The Morgan fingerprint density at radius 2 is 2.30 bits per heavy atom. The van der Waals surface area contributed by atoms with Gasteiger partial charge in [-0.25, -0.2) is 0 Å². The zero-order valence-electron chi connectivity index (χ0n) is 12.5. The molecule has 2 heterocycles. The molecule has 112 valence electrons. The summed E-state index contributed by atoms with van der Waals surface area (Å²) in [7, 11) is 0. The summed E-state index contributed by atoms with van der Waals surface area (Å²) in [4.78, 5) is 12.1. The van der Waals surface area contributed by atoms with Crippen molar-refractivity contribution in [2.45, 2.75) is 59.3 Å². The third kappa shape index (κ3) is 3.56. The molecule has 1 aromatic heterocycles. The summed E-state index contributed by atoms with van der Waals surface area (Å²) >= 11 is 0. The van der Waals surface area contributed by atoms with Crippen molar-refractivity contribution in [1.82, 2.24) is 14.8 Å². The smallest absolute Gasteiger partial charge is 0.309 e. The van der Waals surface area contributed by atoms with Crippen LogP contribution in [0.15, 0.2) is 0 Å². The van der Waals surface area contributed by atoms with Gasteiger partial charge in [-0.15, -0.1) is 10.2 Å². The second kappa shape index (κ2) is 6.83. The lowest BCUT2D eigenvalue weighted by Crippen LogP contribution is -2.29. The molecular weight excluding hydrogens is 258 g/mol. The number of ether oxygens (including phenoxy) is 2. The second-order valence-corrected chi connectivity index (χ2v) is 5.33. The number of carbonyl (C=O) groups excluding carboxylic acids is 1. The van der Waals surface area contributed by atoms with Crippen LogP contribution in [-0.4, -0.2) is 33.4 Å². The first-order valence-electron chi connectivity index (χ1n) is 7.28. The van der Waals surface area contributed by atoms with E-state index in [2.05, 4.69) is 17.1 Å². The van der Waals surface area contributed by atoms with Gasteiger partial charge < -0.3 is 14.0 Å². The molecule has 0 aliphatic carbocycles. The van der Waals surface area contributed by atoms with E-state index in [1.165, 1.54) is 0 Å². The van der Waals surface area contributed by atoms with Crippen molar-refractivity contribution in [1.29, 1.82) is 0 Å². The van der Waals surface area contributed by atoms with Crippen LogP contribution in [0.3, 0.4) is 0 Å². The SMILES string of the molecule is CCCn1c(C)nnc1COC(=O)C1CCOC(C)C1. The molecule has 0 bridgehead atoms. The Morgan fingerprint density at radius 3 is 3.00 bits per heavy atom. The third-order valence-electron chi connectivity index (χ3n) is 3.62. The van der Waals surface area contributed by atoms with Crippen LogP contribution in [0.5, 0.6) is 0 Å². The van der Waals surface area contributed by atoms with Crippen LogP contribution in [0, 0.1) is 12.8 Å². The molecule has 1 aliphatic rings. The molecule has 1 fully saturated rings. The first-order chi connectivity index (χ1) is 9.61. The zero-order valence-corrected chi connectivity index (χ0v) is 12.5. The fraction of sp³-hybridized carbons (Fsp3) is 0.786. The van der Waals surface area contributed by atoms with Gasteiger partial charge in [0.25, 0.3) is 0 Å². The molecule has 2 unspecified atom stereocenters. The van der Waals surface area contributed by atoms with Gasteiger partial charge in [0.1, 0.15) is 5.82 Å². The summed E-state index contributed by atoms with van der Waals surface area (Å²) < 4.78 is 12.8. The molecule has 6 heteroatoms. The Hall–Kier alpha value is -1.43. The van der Waals surface area contributed by atoms with E-state index in [0.717, 1.165) is 37.5 Å². The van der Waals surface area contributed by atoms with Crippen LogP contribution in [0.1, 0.15) is 44.8 Å². The summed E-state index contributed by atoms with van der Waals surface area (Å²) in [5, 5.41) is 8.12. The monoisotopic (exact) mass is 281 g/mol. The third-order valence-corrected chi connectivity index (χ3v) is 3.62. The van der Waals surface area contributed by atoms with Crippen LogP contribution in [0.4, 0.5) is 0 Å². The van der Waals surface area contributed by atoms with Gasteiger partial charge in [0.2, 0.25) is 0 Å². The maximum atomic E-state index is 12.1. The van der Waals surface area contributed by atoms with E-state index in [1.807, 2.05) is 18.4 Å². The average molecular weight is 281 g/mol. The minimum absolute atomic E-state index is 0.0533. The Morgan fingerprint density at radius 1 is 1.50 bits per heavy atom. The van der Waals surface area contributed by atoms with E-state index in [4.69, 9.17) is 9.47 Å². The Labute approximate surface area is 119 Å². The number of nitrogens with zero attached hydrogens (tertiary/aromatic N) is 3. The molecule has 0 aromatic carbocycles. The second-order valence-electron chi connectivity index (χ2n) is 5.33. The molecule has 2 rings (SSSR count). The van der Waals surface area contributed by atoms with Crippen molar-refractivity contribution in [2.24, 2.45) is 5.92 Å². The number of hydrogen-bond donors (Lipinski definition) is 0. The highest BCUT2D eigenvalue weighted by molar-refractivity contribution is 5.72. The molecule has 20 heavy (non-hydrogen) atoms.